The van der Waals surface area contributed by atoms with Crippen molar-refractivity contribution in [2.24, 2.45) is 0 Å². The number of nitrogens with zero attached hydrogens (tertiary/aromatic N) is 5. The van der Waals surface area contributed by atoms with Gasteiger partial charge in [-0.1, -0.05) is 36.4 Å². The lowest BCUT2D eigenvalue weighted by molar-refractivity contribution is -0.125. The predicted octanol–water partition coefficient (Wildman–Crippen LogP) is 5.21. The third-order valence-electron chi connectivity index (χ3n) is 7.84. The molecule has 0 radical (unpaired) electrons. The molecule has 2 aromatic heterocycles. The third kappa shape index (κ3) is 5.12. The standard InChI is InChI=1S/C31H34N6O2/c1-21-28(22-10-14-26(15-11-22)39-25-7-4-3-5-8-25)29-30(32)33-20-34-31(29)37(21)24-16-18-36(19-24)27(38)9-6-17-35(2)23-12-13-23/h3-11,14-15,20,23-24H,12-13,16-19H2,1-2H3,(H2,32,33,34)/b9-6+. The number of likely N-dealkylation sites (N-methyl/N-ethyl adjacent to an activating group) is 1. The van der Waals surface area contributed by atoms with Gasteiger partial charge in [-0.25, -0.2) is 9.97 Å². The topological polar surface area (TPSA) is 89.5 Å². The van der Waals surface area contributed by atoms with Crippen LogP contribution in [0.5, 0.6) is 11.5 Å². The molecule has 1 aliphatic carbocycles. The Hall–Kier alpha value is -4.17. The second-order valence-electron chi connectivity index (χ2n) is 10.5. The molecule has 0 bridgehead atoms. The van der Waals surface area contributed by atoms with Gasteiger partial charge in [0.15, 0.2) is 0 Å². The molecule has 3 heterocycles. The van der Waals surface area contributed by atoms with E-state index in [9.17, 15) is 4.79 Å². The number of nitrogen functional groups attached to an aromatic ring is 1. The number of likely N-dealkylation sites (tertiary alicyclic amines) is 1. The van der Waals surface area contributed by atoms with E-state index in [0.717, 1.165) is 52.3 Å². The summed E-state index contributed by atoms with van der Waals surface area (Å²) in [5, 5.41) is 0.847. The lowest BCUT2D eigenvalue weighted by Gasteiger charge is -2.18. The molecule has 8 nitrogen and oxygen atoms in total. The van der Waals surface area contributed by atoms with Gasteiger partial charge in [0.05, 0.1) is 11.4 Å². The molecular formula is C31H34N6O2. The molecule has 1 saturated carbocycles. The summed E-state index contributed by atoms with van der Waals surface area (Å²) in [6.07, 6.45) is 8.62. The molecule has 6 rings (SSSR count). The van der Waals surface area contributed by atoms with E-state index in [-0.39, 0.29) is 11.9 Å². The van der Waals surface area contributed by atoms with Gasteiger partial charge >= 0.3 is 0 Å². The minimum Gasteiger partial charge on any atom is -0.457 e. The Bertz CT molecular complexity index is 1510. The van der Waals surface area contributed by atoms with E-state index >= 15 is 0 Å². The zero-order valence-corrected chi connectivity index (χ0v) is 22.5. The smallest absolute Gasteiger partial charge is 0.246 e. The summed E-state index contributed by atoms with van der Waals surface area (Å²) in [5.41, 5.74) is 10.3. The molecule has 39 heavy (non-hydrogen) atoms. The number of carbonyl (C=O) groups is 1. The number of hydrogen-bond donors (Lipinski definition) is 1. The molecule has 2 aliphatic rings. The van der Waals surface area contributed by atoms with Gasteiger partial charge in [0.1, 0.15) is 29.3 Å². The van der Waals surface area contributed by atoms with Gasteiger partial charge in [-0.3, -0.25) is 9.69 Å². The Morgan fingerprint density at radius 1 is 1.08 bits per heavy atom. The van der Waals surface area contributed by atoms with Crippen LogP contribution in [0.3, 0.4) is 0 Å². The SMILES string of the molecule is Cc1c(-c2ccc(Oc3ccccc3)cc2)c2c(N)ncnc2n1C1CCN(C(=O)/C=C/CN(C)C2CC2)C1. The van der Waals surface area contributed by atoms with Crippen molar-refractivity contribution in [2.45, 2.75) is 38.3 Å². The van der Waals surface area contributed by atoms with Crippen LogP contribution in [-0.2, 0) is 4.79 Å². The zero-order valence-electron chi connectivity index (χ0n) is 22.5. The average Bonchev–Trinajstić information content (AvgIpc) is 3.61. The molecule has 2 aromatic carbocycles. The van der Waals surface area contributed by atoms with Gasteiger partial charge in [0, 0.05) is 43.0 Å². The van der Waals surface area contributed by atoms with E-state index in [0.29, 0.717) is 24.9 Å². The van der Waals surface area contributed by atoms with E-state index in [4.69, 9.17) is 10.5 Å². The van der Waals surface area contributed by atoms with Crippen molar-refractivity contribution in [1.82, 2.24) is 24.3 Å². The first-order valence-electron chi connectivity index (χ1n) is 13.6. The van der Waals surface area contributed by atoms with E-state index < -0.39 is 0 Å². The van der Waals surface area contributed by atoms with Crippen LogP contribution in [0.15, 0.2) is 73.1 Å². The summed E-state index contributed by atoms with van der Waals surface area (Å²) in [6.45, 7) is 4.26. The number of ether oxygens (including phenoxy) is 1. The Morgan fingerprint density at radius 2 is 1.82 bits per heavy atom. The Balaban J connectivity index is 1.25. The van der Waals surface area contributed by atoms with Gasteiger partial charge in [-0.05, 0) is 63.1 Å². The number of hydrogen-bond acceptors (Lipinski definition) is 6. The number of carbonyl (C=O) groups excluding carboxylic acids is 1. The first-order valence-corrected chi connectivity index (χ1v) is 13.6. The lowest BCUT2D eigenvalue weighted by atomic mass is 10.0. The number of benzene rings is 2. The van der Waals surface area contributed by atoms with Gasteiger partial charge in [0.2, 0.25) is 5.91 Å². The summed E-state index contributed by atoms with van der Waals surface area (Å²) in [7, 11) is 2.12. The van der Waals surface area contributed by atoms with Gasteiger partial charge in [-0.2, -0.15) is 0 Å². The van der Waals surface area contributed by atoms with E-state index in [1.54, 1.807) is 6.08 Å². The number of aromatic nitrogens is 3. The zero-order chi connectivity index (χ0) is 26.9. The van der Waals surface area contributed by atoms with Gasteiger partial charge in [-0.15, -0.1) is 0 Å². The van der Waals surface area contributed by atoms with Crippen LogP contribution in [0.4, 0.5) is 5.82 Å². The largest absolute Gasteiger partial charge is 0.457 e. The highest BCUT2D eigenvalue weighted by Gasteiger charge is 2.31. The van der Waals surface area contributed by atoms with Crippen LogP contribution < -0.4 is 10.5 Å². The van der Waals surface area contributed by atoms with E-state index in [1.165, 1.54) is 19.2 Å². The second kappa shape index (κ2) is 10.5. The van der Waals surface area contributed by atoms with Crippen molar-refractivity contribution in [1.29, 1.82) is 0 Å². The predicted molar refractivity (Wildman–Crippen MR) is 154 cm³/mol. The van der Waals surface area contributed by atoms with Crippen LogP contribution in [0.25, 0.3) is 22.2 Å². The van der Waals surface area contributed by atoms with Crippen molar-refractivity contribution < 1.29 is 9.53 Å². The van der Waals surface area contributed by atoms with Crippen molar-refractivity contribution in [3.8, 4) is 22.6 Å². The summed E-state index contributed by atoms with van der Waals surface area (Å²) in [6, 6.07) is 18.6. The highest BCUT2D eigenvalue weighted by molar-refractivity contribution is 6.02. The number of fused-ring (bicyclic) bond motifs is 1. The average molecular weight is 523 g/mol. The van der Waals surface area contributed by atoms with Crippen molar-refractivity contribution in [3.05, 3.63) is 78.8 Å². The van der Waals surface area contributed by atoms with Crippen molar-refractivity contribution >= 4 is 22.8 Å². The molecule has 0 spiro atoms. The maximum atomic E-state index is 12.9. The molecule has 4 aromatic rings. The van der Waals surface area contributed by atoms with Crippen LogP contribution in [0, 0.1) is 6.92 Å². The Morgan fingerprint density at radius 3 is 2.56 bits per heavy atom. The van der Waals surface area contributed by atoms with Gasteiger partial charge in [0.25, 0.3) is 0 Å². The second-order valence-corrected chi connectivity index (χ2v) is 10.5. The maximum absolute atomic E-state index is 12.9. The molecule has 2 fully saturated rings. The first kappa shape index (κ1) is 25.1. The van der Waals surface area contributed by atoms with Gasteiger partial charge < -0.3 is 19.9 Å². The molecule has 1 amide bonds. The van der Waals surface area contributed by atoms with E-state index in [1.807, 2.05) is 65.6 Å². The minimum absolute atomic E-state index is 0.0687. The fourth-order valence-corrected chi connectivity index (χ4v) is 5.63. The minimum atomic E-state index is 0.0687. The Kier molecular flexibility index (Phi) is 6.79. The molecule has 1 atom stereocenters. The highest BCUT2D eigenvalue weighted by atomic mass is 16.5. The van der Waals surface area contributed by atoms with Crippen molar-refractivity contribution in [2.75, 3.05) is 32.4 Å². The number of rotatable bonds is 8. The van der Waals surface area contributed by atoms with Crippen LogP contribution in [0.2, 0.25) is 0 Å². The first-order chi connectivity index (χ1) is 19.0. The molecule has 1 unspecified atom stereocenters. The summed E-state index contributed by atoms with van der Waals surface area (Å²) >= 11 is 0. The molecule has 1 aliphatic heterocycles. The molecule has 1 saturated heterocycles. The highest BCUT2D eigenvalue weighted by Crippen LogP contribution is 2.40. The van der Waals surface area contributed by atoms with Crippen LogP contribution in [-0.4, -0.2) is 63.0 Å². The number of para-hydroxylation sites is 1. The summed E-state index contributed by atoms with van der Waals surface area (Å²) < 4.78 is 8.23. The number of nitrogens with two attached hydrogens (primary N) is 1. The van der Waals surface area contributed by atoms with Crippen LogP contribution in [0.1, 0.15) is 31.0 Å². The lowest BCUT2D eigenvalue weighted by Crippen LogP contribution is -2.28. The monoisotopic (exact) mass is 522 g/mol. The number of anilines is 1. The summed E-state index contributed by atoms with van der Waals surface area (Å²) in [4.78, 5) is 26.1. The fourth-order valence-electron chi connectivity index (χ4n) is 5.63. The molecule has 200 valence electrons. The molecule has 2 N–H and O–H groups in total. The maximum Gasteiger partial charge on any atom is 0.246 e. The molecular weight excluding hydrogens is 488 g/mol. The third-order valence-corrected chi connectivity index (χ3v) is 7.84. The number of amides is 1. The van der Waals surface area contributed by atoms with Crippen LogP contribution >= 0.6 is 0 Å². The van der Waals surface area contributed by atoms with Crippen molar-refractivity contribution in [3.63, 3.8) is 0 Å². The quantitative estimate of drug-likeness (QED) is 0.320. The van der Waals surface area contributed by atoms with E-state index in [2.05, 4.69) is 33.4 Å². The Labute approximate surface area is 228 Å². The molecule has 8 heteroatoms. The fraction of sp³-hybridized carbons (Fsp3) is 0.323. The summed E-state index contributed by atoms with van der Waals surface area (Å²) in [5.74, 6) is 2.08. The normalized spacial score (nSPS) is 17.5.